The lowest BCUT2D eigenvalue weighted by Crippen LogP contribution is -2.05. The van der Waals surface area contributed by atoms with Crippen LogP contribution < -0.4 is 24.7 Å². The monoisotopic (exact) mass is 385 g/mol. The van der Waals surface area contributed by atoms with Crippen molar-refractivity contribution >= 4 is 17.5 Å². The molecule has 150 valence electrons. The van der Waals surface area contributed by atoms with Gasteiger partial charge >= 0.3 is 0 Å². The van der Waals surface area contributed by atoms with E-state index in [4.69, 9.17) is 24.7 Å². The first-order valence-electron chi connectivity index (χ1n) is 9.06. The topological polar surface area (TPSA) is 80.0 Å². The van der Waals surface area contributed by atoms with Gasteiger partial charge in [-0.05, 0) is 43.7 Å². The maximum Gasteiger partial charge on any atom is 0.189 e. The number of nitrogens with two attached hydrogens (primary N) is 1. The predicted octanol–water partition coefficient (Wildman–Crippen LogP) is 4.37. The van der Waals surface area contributed by atoms with E-state index in [9.17, 15) is 4.79 Å². The van der Waals surface area contributed by atoms with Crippen LogP contribution in [-0.2, 0) is 0 Å². The summed E-state index contributed by atoms with van der Waals surface area (Å²) in [6.45, 7) is 4.27. The van der Waals surface area contributed by atoms with Crippen molar-refractivity contribution in [1.29, 1.82) is 0 Å². The lowest BCUT2D eigenvalue weighted by atomic mass is 9.98. The third kappa shape index (κ3) is 4.57. The number of carbonyl (C=O) groups is 1. The Morgan fingerprint density at radius 1 is 1.00 bits per heavy atom. The summed E-state index contributed by atoms with van der Waals surface area (Å²) in [5, 5.41) is 0. The number of ether oxygens (including phenoxy) is 4. The zero-order valence-electron chi connectivity index (χ0n) is 17.0. The molecular weight excluding hydrogens is 358 g/mol. The largest absolute Gasteiger partial charge is 0.497 e. The van der Waals surface area contributed by atoms with Gasteiger partial charge in [0.1, 0.15) is 11.5 Å². The standard InChI is InChI=1S/C22H27NO5/c1-6-14(21(24)15-8-9-18(23)19(12-15)28-7-2)10-16-11-17(25-3)13-20(26-4)22(16)27-5/h8-13H,6-7,23H2,1-5H3. The van der Waals surface area contributed by atoms with Gasteiger partial charge in [0.05, 0.1) is 33.6 Å². The van der Waals surface area contributed by atoms with Crippen LogP contribution >= 0.6 is 0 Å². The number of Topliss-reactive ketones (excluding diaryl/α,β-unsaturated/α-hetero) is 1. The molecule has 0 aromatic heterocycles. The number of carbonyl (C=O) groups excluding carboxylic acids is 1. The number of anilines is 1. The lowest BCUT2D eigenvalue weighted by Gasteiger charge is -2.14. The van der Waals surface area contributed by atoms with Crippen LogP contribution in [0.3, 0.4) is 0 Å². The van der Waals surface area contributed by atoms with Crippen LogP contribution in [0.1, 0.15) is 36.2 Å². The summed E-state index contributed by atoms with van der Waals surface area (Å²) in [7, 11) is 4.69. The molecule has 0 heterocycles. The summed E-state index contributed by atoms with van der Waals surface area (Å²) in [6.07, 6.45) is 2.33. The molecule has 6 nitrogen and oxygen atoms in total. The van der Waals surface area contributed by atoms with Crippen molar-refractivity contribution in [2.75, 3.05) is 33.7 Å². The molecule has 0 atom stereocenters. The van der Waals surface area contributed by atoms with Crippen molar-refractivity contribution in [2.24, 2.45) is 0 Å². The van der Waals surface area contributed by atoms with Gasteiger partial charge in [-0.15, -0.1) is 0 Å². The van der Waals surface area contributed by atoms with E-state index in [-0.39, 0.29) is 5.78 Å². The molecule has 2 aromatic carbocycles. The fraction of sp³-hybridized carbons (Fsp3) is 0.318. The van der Waals surface area contributed by atoms with E-state index in [1.165, 1.54) is 0 Å². The zero-order valence-corrected chi connectivity index (χ0v) is 17.0. The first-order chi connectivity index (χ1) is 13.5. The van der Waals surface area contributed by atoms with Crippen molar-refractivity contribution in [2.45, 2.75) is 20.3 Å². The molecule has 0 spiro atoms. The van der Waals surface area contributed by atoms with E-state index in [0.29, 0.717) is 58.4 Å². The number of methoxy groups -OCH3 is 3. The van der Waals surface area contributed by atoms with E-state index in [1.54, 1.807) is 57.7 Å². The quantitative estimate of drug-likeness (QED) is 0.392. The molecule has 0 bridgehead atoms. The minimum Gasteiger partial charge on any atom is -0.497 e. The van der Waals surface area contributed by atoms with E-state index < -0.39 is 0 Å². The Morgan fingerprint density at radius 3 is 2.32 bits per heavy atom. The molecule has 2 aromatic rings. The fourth-order valence-electron chi connectivity index (χ4n) is 2.85. The van der Waals surface area contributed by atoms with Crippen LogP contribution in [0.5, 0.6) is 23.0 Å². The Bertz CT molecular complexity index is 873. The zero-order chi connectivity index (χ0) is 20.7. The average molecular weight is 385 g/mol. The Hall–Kier alpha value is -3.15. The van der Waals surface area contributed by atoms with Crippen LogP contribution in [0, 0.1) is 0 Å². The van der Waals surface area contributed by atoms with Crippen LogP contribution in [0.15, 0.2) is 35.9 Å². The molecule has 0 fully saturated rings. The number of nitrogen functional groups attached to an aromatic ring is 1. The second kappa shape index (κ2) is 9.69. The molecular formula is C22H27NO5. The molecule has 0 unspecified atom stereocenters. The van der Waals surface area contributed by atoms with Gasteiger partial charge in [-0.2, -0.15) is 0 Å². The van der Waals surface area contributed by atoms with Crippen LogP contribution in [0.4, 0.5) is 5.69 Å². The normalized spacial score (nSPS) is 11.1. The highest BCUT2D eigenvalue weighted by Crippen LogP contribution is 2.37. The van der Waals surface area contributed by atoms with E-state index in [0.717, 1.165) is 0 Å². The van der Waals surface area contributed by atoms with Gasteiger partial charge < -0.3 is 24.7 Å². The second-order valence-electron chi connectivity index (χ2n) is 5.99. The summed E-state index contributed by atoms with van der Waals surface area (Å²) in [5.41, 5.74) is 8.24. The highest BCUT2D eigenvalue weighted by atomic mass is 16.5. The molecule has 0 amide bonds. The SMILES string of the molecule is CCOc1cc(C(=O)C(=Cc2cc(OC)cc(OC)c2OC)CC)ccc1N. The van der Waals surface area contributed by atoms with E-state index in [1.807, 2.05) is 13.8 Å². The molecule has 0 saturated carbocycles. The van der Waals surface area contributed by atoms with Crippen molar-refractivity contribution in [1.82, 2.24) is 0 Å². The molecule has 28 heavy (non-hydrogen) atoms. The van der Waals surface area contributed by atoms with Gasteiger partial charge in [0.2, 0.25) is 0 Å². The van der Waals surface area contributed by atoms with Crippen molar-refractivity contribution in [3.05, 3.63) is 47.0 Å². The van der Waals surface area contributed by atoms with Crippen LogP contribution in [0.2, 0.25) is 0 Å². The van der Waals surface area contributed by atoms with Gasteiger partial charge in [0.15, 0.2) is 17.3 Å². The summed E-state index contributed by atoms with van der Waals surface area (Å²) < 4.78 is 21.7. The molecule has 2 rings (SSSR count). The molecule has 0 aliphatic carbocycles. The third-order valence-electron chi connectivity index (χ3n) is 4.29. The fourth-order valence-corrected chi connectivity index (χ4v) is 2.85. The summed E-state index contributed by atoms with van der Waals surface area (Å²) in [5.74, 6) is 2.08. The Balaban J connectivity index is 2.51. The predicted molar refractivity (Wildman–Crippen MR) is 111 cm³/mol. The van der Waals surface area contributed by atoms with E-state index in [2.05, 4.69) is 0 Å². The van der Waals surface area contributed by atoms with Crippen molar-refractivity contribution in [3.63, 3.8) is 0 Å². The van der Waals surface area contributed by atoms with E-state index >= 15 is 0 Å². The molecule has 6 heteroatoms. The van der Waals surface area contributed by atoms with Crippen LogP contribution in [0.25, 0.3) is 6.08 Å². The number of rotatable bonds is 9. The van der Waals surface area contributed by atoms with Gasteiger partial charge in [0.25, 0.3) is 0 Å². The number of hydrogen-bond donors (Lipinski definition) is 1. The number of hydrogen-bond acceptors (Lipinski definition) is 6. The summed E-state index contributed by atoms with van der Waals surface area (Å²) in [4.78, 5) is 13.1. The number of allylic oxidation sites excluding steroid dienone is 1. The smallest absolute Gasteiger partial charge is 0.189 e. The molecule has 2 N–H and O–H groups in total. The van der Waals surface area contributed by atoms with Crippen molar-refractivity contribution < 1.29 is 23.7 Å². The molecule has 0 radical (unpaired) electrons. The molecule has 0 saturated heterocycles. The maximum atomic E-state index is 13.1. The first kappa shape index (κ1) is 21.2. The van der Waals surface area contributed by atoms with Gasteiger partial charge in [-0.25, -0.2) is 0 Å². The number of ketones is 1. The Kier molecular flexibility index (Phi) is 7.32. The van der Waals surface area contributed by atoms with Gasteiger partial charge in [0, 0.05) is 22.8 Å². The summed E-state index contributed by atoms with van der Waals surface area (Å²) >= 11 is 0. The number of benzene rings is 2. The minimum absolute atomic E-state index is 0.104. The van der Waals surface area contributed by atoms with Crippen molar-refractivity contribution in [3.8, 4) is 23.0 Å². The second-order valence-corrected chi connectivity index (χ2v) is 5.99. The highest BCUT2D eigenvalue weighted by Gasteiger charge is 2.17. The lowest BCUT2D eigenvalue weighted by molar-refractivity contribution is 0.103. The highest BCUT2D eigenvalue weighted by molar-refractivity contribution is 6.11. The van der Waals surface area contributed by atoms with Gasteiger partial charge in [-0.3, -0.25) is 4.79 Å². The average Bonchev–Trinajstić information content (AvgIpc) is 2.72. The summed E-state index contributed by atoms with van der Waals surface area (Å²) in [6, 6.07) is 8.60. The molecule has 0 aliphatic heterocycles. The Morgan fingerprint density at radius 2 is 1.75 bits per heavy atom. The molecule has 0 aliphatic rings. The third-order valence-corrected chi connectivity index (χ3v) is 4.29. The van der Waals surface area contributed by atoms with Crippen LogP contribution in [-0.4, -0.2) is 33.7 Å². The minimum atomic E-state index is -0.104. The maximum absolute atomic E-state index is 13.1. The first-order valence-corrected chi connectivity index (χ1v) is 9.06. The van der Waals surface area contributed by atoms with Gasteiger partial charge in [-0.1, -0.05) is 6.92 Å². The Labute approximate surface area is 165 Å².